The van der Waals surface area contributed by atoms with Gasteiger partial charge in [0.25, 0.3) is 0 Å². The Hall–Kier alpha value is -1.16. The molecule has 0 atom stereocenters. The van der Waals surface area contributed by atoms with Gasteiger partial charge in [0, 0.05) is 19.6 Å². The maximum absolute atomic E-state index is 14.5. The molecule has 0 unspecified atom stereocenters. The largest absolute Gasteiger partial charge is 0.367 e. The van der Waals surface area contributed by atoms with Crippen LogP contribution in [0.5, 0.6) is 0 Å². The number of benzene rings is 1. The Bertz CT molecular complexity index is 467. The lowest BCUT2D eigenvalue weighted by atomic mass is 9.99. The summed E-state index contributed by atoms with van der Waals surface area (Å²) in [6, 6.07) is 3.05. The summed E-state index contributed by atoms with van der Waals surface area (Å²) in [6.07, 6.45) is 4.10. The van der Waals surface area contributed by atoms with Gasteiger partial charge in [-0.2, -0.15) is 0 Å². The van der Waals surface area contributed by atoms with Crippen LogP contribution in [0.2, 0.25) is 0 Å². The van der Waals surface area contributed by atoms with Crippen molar-refractivity contribution in [1.29, 1.82) is 0 Å². The topological polar surface area (TPSA) is 6.48 Å². The third-order valence-electron chi connectivity index (χ3n) is 4.66. The second-order valence-corrected chi connectivity index (χ2v) is 6.85. The third kappa shape index (κ3) is 4.90. The number of hydrogen-bond donors (Lipinski definition) is 0. The van der Waals surface area contributed by atoms with E-state index in [2.05, 4.69) is 11.8 Å². The fraction of sp³-hybridized carbons (Fsp3) is 0.684. The fourth-order valence-electron chi connectivity index (χ4n) is 3.37. The number of piperidine rings is 1. The van der Waals surface area contributed by atoms with Crippen LogP contribution in [0.15, 0.2) is 12.1 Å². The van der Waals surface area contributed by atoms with Crippen molar-refractivity contribution in [2.45, 2.75) is 53.0 Å². The molecule has 23 heavy (non-hydrogen) atoms. The molecule has 0 spiro atoms. The van der Waals surface area contributed by atoms with E-state index in [-0.39, 0.29) is 5.69 Å². The molecule has 2 rings (SSSR count). The Balaban J connectivity index is 2.12. The average Bonchev–Trinajstić information content (AvgIpc) is 2.49. The van der Waals surface area contributed by atoms with Gasteiger partial charge >= 0.3 is 0 Å². The van der Waals surface area contributed by atoms with Gasteiger partial charge in [0.15, 0.2) is 0 Å². The minimum absolute atomic E-state index is 0.143. The van der Waals surface area contributed by atoms with E-state index in [0.29, 0.717) is 19.6 Å². The molecule has 1 aliphatic rings. The van der Waals surface area contributed by atoms with Gasteiger partial charge in [-0.25, -0.2) is 8.78 Å². The smallest absolute Gasteiger partial charge is 0.149 e. The summed E-state index contributed by atoms with van der Waals surface area (Å²) in [6.45, 7) is 10.4. The quantitative estimate of drug-likeness (QED) is 0.709. The van der Waals surface area contributed by atoms with E-state index >= 15 is 0 Å². The molecular weight excluding hydrogens is 294 g/mol. The molecule has 130 valence electrons. The highest BCUT2D eigenvalue weighted by molar-refractivity contribution is 5.50. The summed E-state index contributed by atoms with van der Waals surface area (Å²) in [7, 11) is 0. The first-order chi connectivity index (χ1) is 11.0. The third-order valence-corrected chi connectivity index (χ3v) is 4.66. The summed E-state index contributed by atoms with van der Waals surface area (Å²) in [5.74, 6) is -0.0849. The van der Waals surface area contributed by atoms with Gasteiger partial charge in [-0.05, 0) is 62.4 Å². The van der Waals surface area contributed by atoms with Gasteiger partial charge in [-0.3, -0.25) is 4.90 Å². The zero-order valence-electron chi connectivity index (χ0n) is 14.7. The van der Waals surface area contributed by atoms with Crippen LogP contribution in [0.3, 0.4) is 0 Å². The van der Waals surface area contributed by atoms with Crippen molar-refractivity contribution in [3.8, 4) is 0 Å². The fourth-order valence-corrected chi connectivity index (χ4v) is 3.37. The number of hydrogen-bond acceptors (Lipinski definition) is 2. The van der Waals surface area contributed by atoms with Gasteiger partial charge in [-0.15, -0.1) is 0 Å². The van der Waals surface area contributed by atoms with Crippen molar-refractivity contribution in [3.63, 3.8) is 0 Å². The number of rotatable bonds is 7. The molecule has 0 aliphatic carbocycles. The van der Waals surface area contributed by atoms with E-state index in [1.165, 1.54) is 25.0 Å². The molecule has 1 fully saturated rings. The highest BCUT2D eigenvalue weighted by Gasteiger charge is 2.20. The van der Waals surface area contributed by atoms with E-state index in [1.807, 2.05) is 18.7 Å². The van der Waals surface area contributed by atoms with Crippen LogP contribution in [0.4, 0.5) is 14.5 Å². The summed E-state index contributed by atoms with van der Waals surface area (Å²) in [4.78, 5) is 4.13. The van der Waals surface area contributed by atoms with Crippen molar-refractivity contribution in [1.82, 2.24) is 4.90 Å². The minimum Gasteiger partial charge on any atom is -0.367 e. The van der Waals surface area contributed by atoms with Gasteiger partial charge in [0.2, 0.25) is 0 Å². The molecule has 0 amide bonds. The van der Waals surface area contributed by atoms with Crippen LogP contribution in [0.25, 0.3) is 0 Å². The van der Waals surface area contributed by atoms with Crippen molar-refractivity contribution < 1.29 is 8.78 Å². The molecule has 0 aromatic heterocycles. The van der Waals surface area contributed by atoms with Gasteiger partial charge < -0.3 is 4.90 Å². The SMILES string of the molecule is CCCN(CCC)c1c(F)cc(CN2CCC(C)CC2)cc1F. The molecule has 2 nitrogen and oxygen atoms in total. The summed E-state index contributed by atoms with van der Waals surface area (Å²) < 4.78 is 29.0. The molecular formula is C19H30F2N2. The predicted molar refractivity (Wildman–Crippen MR) is 92.8 cm³/mol. The van der Waals surface area contributed by atoms with Crippen LogP contribution in [0.1, 0.15) is 52.0 Å². The number of nitrogens with zero attached hydrogens (tertiary/aromatic N) is 2. The van der Waals surface area contributed by atoms with Crippen molar-refractivity contribution in [2.24, 2.45) is 5.92 Å². The number of anilines is 1. The van der Waals surface area contributed by atoms with E-state index in [1.54, 1.807) is 0 Å². The highest BCUT2D eigenvalue weighted by atomic mass is 19.1. The summed E-state index contributed by atoms with van der Waals surface area (Å²) in [5.41, 5.74) is 0.885. The van der Waals surface area contributed by atoms with Crippen LogP contribution in [0, 0.1) is 17.6 Å². The number of likely N-dealkylation sites (tertiary alicyclic amines) is 1. The Kier molecular flexibility index (Phi) is 6.82. The van der Waals surface area contributed by atoms with Gasteiger partial charge in [-0.1, -0.05) is 20.8 Å². The molecule has 4 heteroatoms. The first-order valence-electron chi connectivity index (χ1n) is 9.00. The maximum atomic E-state index is 14.5. The molecule has 1 heterocycles. The zero-order chi connectivity index (χ0) is 16.8. The van der Waals surface area contributed by atoms with Gasteiger partial charge in [0.1, 0.15) is 17.3 Å². The highest BCUT2D eigenvalue weighted by Crippen LogP contribution is 2.27. The second kappa shape index (κ2) is 8.62. The average molecular weight is 324 g/mol. The second-order valence-electron chi connectivity index (χ2n) is 6.85. The van der Waals surface area contributed by atoms with Crippen molar-refractivity contribution in [2.75, 3.05) is 31.1 Å². The van der Waals surface area contributed by atoms with Crippen molar-refractivity contribution in [3.05, 3.63) is 29.3 Å². The number of halogens is 2. The molecule has 1 aliphatic heterocycles. The zero-order valence-corrected chi connectivity index (χ0v) is 14.7. The molecule has 0 radical (unpaired) electrons. The van der Waals surface area contributed by atoms with Crippen LogP contribution in [-0.4, -0.2) is 31.1 Å². The van der Waals surface area contributed by atoms with Crippen molar-refractivity contribution >= 4 is 5.69 Å². The minimum atomic E-state index is -0.424. The normalized spacial score (nSPS) is 16.7. The molecule has 1 saturated heterocycles. The molecule has 0 bridgehead atoms. The van der Waals surface area contributed by atoms with Crippen LogP contribution >= 0.6 is 0 Å². The summed E-state index contributed by atoms with van der Waals surface area (Å²) >= 11 is 0. The predicted octanol–water partition coefficient (Wildman–Crippen LogP) is 4.82. The first kappa shape index (κ1) is 18.2. The lowest BCUT2D eigenvalue weighted by Gasteiger charge is -2.30. The van der Waals surface area contributed by atoms with Crippen LogP contribution in [-0.2, 0) is 6.54 Å². The van der Waals surface area contributed by atoms with Crippen LogP contribution < -0.4 is 4.90 Å². The summed E-state index contributed by atoms with van der Waals surface area (Å²) in [5, 5.41) is 0. The Labute approximate surface area is 139 Å². The maximum Gasteiger partial charge on any atom is 0.149 e. The van der Waals surface area contributed by atoms with E-state index in [4.69, 9.17) is 0 Å². The monoisotopic (exact) mass is 324 g/mol. The lowest BCUT2D eigenvalue weighted by molar-refractivity contribution is 0.185. The van der Waals surface area contributed by atoms with Gasteiger partial charge in [0.05, 0.1) is 0 Å². The van der Waals surface area contributed by atoms with E-state index in [9.17, 15) is 8.78 Å². The standard InChI is InChI=1S/C19H30F2N2/c1-4-8-23(9-5-2)19-17(20)12-16(13-18(19)21)14-22-10-6-15(3)7-11-22/h12-13,15H,4-11,14H2,1-3H3. The molecule has 0 N–H and O–H groups in total. The molecule has 1 aromatic rings. The van der Waals surface area contributed by atoms with E-state index < -0.39 is 11.6 Å². The lowest BCUT2D eigenvalue weighted by Crippen LogP contribution is -2.32. The van der Waals surface area contributed by atoms with E-state index in [0.717, 1.165) is 37.4 Å². The first-order valence-corrected chi connectivity index (χ1v) is 9.00. The Morgan fingerprint density at radius 3 is 2.04 bits per heavy atom. The Morgan fingerprint density at radius 2 is 1.57 bits per heavy atom. The molecule has 1 aromatic carbocycles. The molecule has 0 saturated carbocycles. The Morgan fingerprint density at radius 1 is 1.04 bits per heavy atom.